The number of para-hydroxylation sites is 1. The number of methoxy groups -OCH3 is 1. The van der Waals surface area contributed by atoms with Crippen LogP contribution in [0.5, 0.6) is 5.75 Å². The molecule has 202 valence electrons. The van der Waals surface area contributed by atoms with Crippen molar-refractivity contribution < 1.29 is 27.1 Å². The van der Waals surface area contributed by atoms with Gasteiger partial charge in [-0.2, -0.15) is 17.7 Å². The highest BCUT2D eigenvalue weighted by Gasteiger charge is 2.39. The first-order valence-corrected chi connectivity index (χ1v) is 11.8. The fourth-order valence-corrected chi connectivity index (χ4v) is 4.18. The summed E-state index contributed by atoms with van der Waals surface area (Å²) in [7, 11) is 5.05. The highest BCUT2D eigenvalue weighted by molar-refractivity contribution is 5.99. The minimum Gasteiger partial charge on any atom is -0.494 e. The molecule has 0 radical (unpaired) electrons. The lowest BCUT2D eigenvalue weighted by molar-refractivity contribution is -0.140. The van der Waals surface area contributed by atoms with Crippen LogP contribution in [0.2, 0.25) is 0 Å². The summed E-state index contributed by atoms with van der Waals surface area (Å²) in [6.45, 7) is 0.667. The smallest absolute Gasteiger partial charge is 0.433 e. The molecule has 0 fully saturated rings. The zero-order valence-electron chi connectivity index (χ0n) is 21.1. The predicted molar refractivity (Wildman–Crippen MR) is 137 cm³/mol. The van der Waals surface area contributed by atoms with Crippen molar-refractivity contribution in [1.82, 2.24) is 29.8 Å². The zero-order valence-corrected chi connectivity index (χ0v) is 21.1. The van der Waals surface area contributed by atoms with E-state index in [1.54, 1.807) is 36.4 Å². The number of benzene rings is 2. The molecular weight excluding hydrogens is 517 g/mol. The summed E-state index contributed by atoms with van der Waals surface area (Å²) < 4.78 is 54.2. The Balaban J connectivity index is 1.82. The minimum absolute atomic E-state index is 0.161. The average molecular weight is 541 g/mol. The van der Waals surface area contributed by atoms with Gasteiger partial charge in [-0.3, -0.25) is 14.7 Å². The van der Waals surface area contributed by atoms with Crippen molar-refractivity contribution in [3.63, 3.8) is 0 Å². The van der Waals surface area contributed by atoms with Gasteiger partial charge in [0.15, 0.2) is 16.7 Å². The van der Waals surface area contributed by atoms with Crippen molar-refractivity contribution in [3.05, 3.63) is 70.3 Å². The molecule has 0 aliphatic heterocycles. The van der Waals surface area contributed by atoms with Gasteiger partial charge in [-0.15, -0.1) is 0 Å². The van der Waals surface area contributed by atoms with Gasteiger partial charge in [0.05, 0.1) is 12.7 Å². The van der Waals surface area contributed by atoms with E-state index in [4.69, 9.17) is 9.15 Å². The SMILES string of the molecule is COc1cccc2oc(-c3c(C(=O)NCCN(C)C)nc4c(-c5ccccc5)c(C(F)(F)F)[nH]n4c3=O)nc12. The number of carbonyl (C=O) groups is 1. The summed E-state index contributed by atoms with van der Waals surface area (Å²) in [6, 6.07) is 12.5. The molecule has 0 saturated heterocycles. The molecule has 5 aromatic rings. The molecular formula is C26H23F3N6O4. The van der Waals surface area contributed by atoms with E-state index in [-0.39, 0.29) is 40.3 Å². The minimum atomic E-state index is -4.86. The summed E-state index contributed by atoms with van der Waals surface area (Å²) in [4.78, 5) is 37.6. The summed E-state index contributed by atoms with van der Waals surface area (Å²) in [5.74, 6) is -0.711. The summed E-state index contributed by atoms with van der Waals surface area (Å²) in [5.41, 5.74) is -3.05. The molecule has 0 unspecified atom stereocenters. The Labute approximate surface area is 219 Å². The highest BCUT2D eigenvalue weighted by Crippen LogP contribution is 2.38. The number of oxazole rings is 1. The molecule has 0 atom stereocenters. The van der Waals surface area contributed by atoms with Crippen LogP contribution in [0, 0.1) is 0 Å². The third-order valence-electron chi connectivity index (χ3n) is 6.00. The number of nitrogens with zero attached hydrogens (tertiary/aromatic N) is 4. The lowest BCUT2D eigenvalue weighted by atomic mass is 10.1. The Bertz CT molecular complexity index is 1740. The van der Waals surface area contributed by atoms with E-state index < -0.39 is 34.6 Å². The van der Waals surface area contributed by atoms with Crippen molar-refractivity contribution in [2.45, 2.75) is 6.18 Å². The maximum atomic E-state index is 14.1. The van der Waals surface area contributed by atoms with Crippen molar-refractivity contribution in [1.29, 1.82) is 0 Å². The molecule has 3 aromatic heterocycles. The first kappa shape index (κ1) is 26.0. The van der Waals surface area contributed by atoms with Gasteiger partial charge >= 0.3 is 6.18 Å². The number of fused-ring (bicyclic) bond motifs is 2. The van der Waals surface area contributed by atoms with Gasteiger partial charge in [-0.25, -0.2) is 9.97 Å². The van der Waals surface area contributed by atoms with Crippen molar-refractivity contribution in [2.75, 3.05) is 34.3 Å². The maximum absolute atomic E-state index is 14.1. The number of likely N-dealkylation sites (N-methyl/N-ethyl adjacent to an activating group) is 1. The number of amides is 1. The molecule has 39 heavy (non-hydrogen) atoms. The molecule has 2 N–H and O–H groups in total. The molecule has 13 heteroatoms. The average Bonchev–Trinajstić information content (AvgIpc) is 3.50. The standard InChI is InChI=1S/C26H23F3N6O4/c1-34(2)13-12-30-23(36)20-18(24-32-19-15(38-3)10-7-11-16(19)39-24)25(37)35-22(31-20)17(14-8-5-4-6-9-14)21(33-35)26(27,28)29/h4-11,33H,12-13H2,1-3H3,(H,30,36). The van der Waals surface area contributed by atoms with Crippen LogP contribution in [0.1, 0.15) is 16.2 Å². The van der Waals surface area contributed by atoms with Crippen LogP contribution in [0.15, 0.2) is 57.7 Å². The topological polar surface area (TPSA) is 118 Å². The number of aromatic nitrogens is 4. The molecule has 2 aromatic carbocycles. The van der Waals surface area contributed by atoms with Crippen molar-refractivity contribution >= 4 is 22.7 Å². The van der Waals surface area contributed by atoms with Crippen molar-refractivity contribution in [3.8, 4) is 28.3 Å². The first-order chi connectivity index (χ1) is 18.6. The van der Waals surface area contributed by atoms with Gasteiger partial charge in [0.2, 0.25) is 5.89 Å². The van der Waals surface area contributed by atoms with Gasteiger partial charge < -0.3 is 19.4 Å². The van der Waals surface area contributed by atoms with Crippen LogP contribution in [0.3, 0.4) is 0 Å². The zero-order chi connectivity index (χ0) is 27.9. The molecule has 10 nitrogen and oxygen atoms in total. The number of carbonyl (C=O) groups excluding carboxylic acids is 1. The Morgan fingerprint density at radius 1 is 1.10 bits per heavy atom. The van der Waals surface area contributed by atoms with Crippen molar-refractivity contribution in [2.24, 2.45) is 0 Å². The summed E-state index contributed by atoms with van der Waals surface area (Å²) in [5, 5.41) is 4.81. The quantitative estimate of drug-likeness (QED) is 0.322. The fraction of sp³-hybridized carbons (Fsp3) is 0.231. The number of H-pyrrole nitrogens is 1. The third-order valence-corrected chi connectivity index (χ3v) is 6.00. The normalized spacial score (nSPS) is 12.0. The van der Waals surface area contributed by atoms with E-state index >= 15 is 0 Å². The van der Waals surface area contributed by atoms with Crippen LogP contribution in [-0.4, -0.2) is 64.7 Å². The number of halogens is 3. The van der Waals surface area contributed by atoms with Crippen LogP contribution >= 0.6 is 0 Å². The molecule has 0 aliphatic carbocycles. The Morgan fingerprint density at radius 2 is 1.85 bits per heavy atom. The number of hydrogen-bond donors (Lipinski definition) is 2. The number of ether oxygens (including phenoxy) is 1. The van der Waals surface area contributed by atoms with E-state index in [1.807, 2.05) is 19.0 Å². The largest absolute Gasteiger partial charge is 0.494 e. The number of alkyl halides is 3. The predicted octanol–water partition coefficient (Wildman–Crippen LogP) is 3.82. The molecule has 0 saturated carbocycles. The van der Waals surface area contributed by atoms with E-state index in [1.165, 1.54) is 19.2 Å². The number of hydrogen-bond acceptors (Lipinski definition) is 7. The second-order valence-corrected chi connectivity index (χ2v) is 8.91. The van der Waals surface area contributed by atoms with Crippen LogP contribution in [0.25, 0.3) is 39.3 Å². The lowest BCUT2D eigenvalue weighted by Gasteiger charge is -2.11. The maximum Gasteiger partial charge on any atom is 0.433 e. The second-order valence-electron chi connectivity index (χ2n) is 8.91. The molecule has 3 heterocycles. The molecule has 0 aliphatic rings. The summed E-state index contributed by atoms with van der Waals surface area (Å²) in [6.07, 6.45) is -4.86. The van der Waals surface area contributed by atoms with E-state index in [0.717, 1.165) is 0 Å². The Hall–Kier alpha value is -4.65. The van der Waals surface area contributed by atoms with Crippen LogP contribution in [0.4, 0.5) is 13.2 Å². The molecule has 1 amide bonds. The highest BCUT2D eigenvalue weighted by atomic mass is 19.4. The fourth-order valence-electron chi connectivity index (χ4n) is 4.18. The van der Waals surface area contributed by atoms with E-state index in [2.05, 4.69) is 20.4 Å². The van der Waals surface area contributed by atoms with Gasteiger partial charge in [0.25, 0.3) is 11.5 Å². The molecule has 0 bridgehead atoms. The number of nitrogens with one attached hydrogen (secondary N) is 2. The van der Waals surface area contributed by atoms with Gasteiger partial charge in [-0.1, -0.05) is 36.4 Å². The van der Waals surface area contributed by atoms with Gasteiger partial charge in [0, 0.05) is 13.1 Å². The number of aromatic amines is 1. The third kappa shape index (κ3) is 4.72. The number of rotatable bonds is 7. The van der Waals surface area contributed by atoms with Crippen LogP contribution < -0.4 is 15.6 Å². The first-order valence-electron chi connectivity index (χ1n) is 11.8. The second kappa shape index (κ2) is 9.91. The van der Waals surface area contributed by atoms with Gasteiger partial charge in [-0.05, 0) is 31.8 Å². The Morgan fingerprint density at radius 3 is 2.51 bits per heavy atom. The monoisotopic (exact) mass is 540 g/mol. The van der Waals surface area contributed by atoms with E-state index in [9.17, 15) is 22.8 Å². The van der Waals surface area contributed by atoms with E-state index in [0.29, 0.717) is 16.8 Å². The lowest BCUT2D eigenvalue weighted by Crippen LogP contribution is -2.34. The van der Waals surface area contributed by atoms with Gasteiger partial charge in [0.1, 0.15) is 22.7 Å². The van der Waals surface area contributed by atoms with Crippen LogP contribution in [-0.2, 0) is 6.18 Å². The Kier molecular flexibility index (Phi) is 6.60. The molecule has 5 rings (SSSR count). The summed E-state index contributed by atoms with van der Waals surface area (Å²) >= 11 is 0. The molecule has 0 spiro atoms.